The summed E-state index contributed by atoms with van der Waals surface area (Å²) in [5.41, 5.74) is 0.506. The van der Waals surface area contributed by atoms with Gasteiger partial charge in [0.1, 0.15) is 6.54 Å². The molecule has 0 atom stereocenters. The highest BCUT2D eigenvalue weighted by Gasteiger charge is 2.09. The van der Waals surface area contributed by atoms with Gasteiger partial charge in [-0.3, -0.25) is 9.59 Å². The van der Waals surface area contributed by atoms with Gasteiger partial charge in [-0.1, -0.05) is 12.1 Å². The number of rotatable bonds is 4. The van der Waals surface area contributed by atoms with E-state index in [1.54, 1.807) is 24.3 Å². The Morgan fingerprint density at radius 2 is 2.00 bits per heavy atom. The molecule has 6 nitrogen and oxygen atoms in total. The van der Waals surface area contributed by atoms with Crippen LogP contribution in [0, 0.1) is 11.3 Å². The number of hydrogen-bond acceptors (Lipinski definition) is 5. The molecule has 0 bridgehead atoms. The molecule has 0 unspecified atom stereocenters. The maximum atomic E-state index is 12.0. The van der Waals surface area contributed by atoms with Gasteiger partial charge >= 0.3 is 0 Å². The van der Waals surface area contributed by atoms with Crippen LogP contribution in [-0.4, -0.2) is 22.7 Å². The summed E-state index contributed by atoms with van der Waals surface area (Å²) < 4.78 is 5.95. The lowest BCUT2D eigenvalue weighted by Crippen LogP contribution is -2.26. The lowest BCUT2D eigenvalue weighted by atomic mass is 10.1. The van der Waals surface area contributed by atoms with Gasteiger partial charge in [-0.05, 0) is 12.1 Å². The summed E-state index contributed by atoms with van der Waals surface area (Å²) in [6.07, 6.45) is 0. The first-order valence-electron chi connectivity index (χ1n) is 5.79. The minimum atomic E-state index is -0.382. The fourth-order valence-corrected chi connectivity index (χ4v) is 1.61. The molecule has 0 saturated heterocycles. The minimum absolute atomic E-state index is 0.179. The van der Waals surface area contributed by atoms with E-state index < -0.39 is 0 Å². The smallest absolute Gasteiger partial charge is 0.267 e. The molecule has 1 heterocycles. The van der Waals surface area contributed by atoms with Crippen LogP contribution >= 0.6 is 0 Å². The van der Waals surface area contributed by atoms with Crippen LogP contribution in [0.4, 0.5) is 0 Å². The molecule has 0 aliphatic carbocycles. The molecule has 1 aromatic heterocycles. The highest BCUT2D eigenvalue weighted by molar-refractivity contribution is 5.95. The number of nitrogens with zero attached hydrogens (tertiary/aromatic N) is 3. The zero-order chi connectivity index (χ0) is 14.5. The van der Waals surface area contributed by atoms with E-state index in [0.717, 1.165) is 4.68 Å². The Bertz CT molecular complexity index is 727. The third-order valence-corrected chi connectivity index (χ3v) is 2.68. The SMILES string of the molecule is COc1ccc(=O)n(CC(=O)c2ccc(C#N)cc2)n1. The van der Waals surface area contributed by atoms with E-state index in [1.807, 2.05) is 6.07 Å². The Labute approximate surface area is 114 Å². The van der Waals surface area contributed by atoms with E-state index >= 15 is 0 Å². The quantitative estimate of drug-likeness (QED) is 0.773. The molecule has 2 rings (SSSR count). The fourth-order valence-electron chi connectivity index (χ4n) is 1.61. The third kappa shape index (κ3) is 2.90. The van der Waals surface area contributed by atoms with E-state index in [-0.39, 0.29) is 23.8 Å². The zero-order valence-electron chi connectivity index (χ0n) is 10.7. The second-order valence-electron chi connectivity index (χ2n) is 3.98. The second kappa shape index (κ2) is 5.80. The van der Waals surface area contributed by atoms with Crippen molar-refractivity contribution in [1.82, 2.24) is 9.78 Å². The maximum Gasteiger partial charge on any atom is 0.267 e. The molecule has 20 heavy (non-hydrogen) atoms. The van der Waals surface area contributed by atoms with Gasteiger partial charge in [0.15, 0.2) is 5.78 Å². The van der Waals surface area contributed by atoms with Crippen molar-refractivity contribution in [2.45, 2.75) is 6.54 Å². The fraction of sp³-hybridized carbons (Fsp3) is 0.143. The van der Waals surface area contributed by atoms with Crippen molar-refractivity contribution in [2.75, 3.05) is 7.11 Å². The third-order valence-electron chi connectivity index (χ3n) is 2.68. The Kier molecular flexibility index (Phi) is 3.91. The first-order chi connectivity index (χ1) is 9.63. The second-order valence-corrected chi connectivity index (χ2v) is 3.98. The van der Waals surface area contributed by atoms with Crippen molar-refractivity contribution in [2.24, 2.45) is 0 Å². The van der Waals surface area contributed by atoms with Gasteiger partial charge in [0.05, 0.1) is 18.7 Å². The van der Waals surface area contributed by atoms with E-state index in [0.29, 0.717) is 11.1 Å². The summed E-state index contributed by atoms with van der Waals surface area (Å²) in [7, 11) is 1.43. The molecule has 0 spiro atoms. The number of methoxy groups -OCH3 is 1. The normalized spacial score (nSPS) is 9.80. The molecule has 0 aliphatic heterocycles. The Hall–Kier alpha value is -2.94. The molecule has 0 saturated carbocycles. The average molecular weight is 269 g/mol. The molecule has 100 valence electrons. The van der Waals surface area contributed by atoms with Gasteiger partial charge in [0, 0.05) is 17.7 Å². The van der Waals surface area contributed by atoms with Crippen molar-refractivity contribution in [3.05, 3.63) is 57.9 Å². The molecule has 0 aliphatic rings. The summed E-state index contributed by atoms with van der Waals surface area (Å²) in [6, 6.07) is 10.9. The van der Waals surface area contributed by atoms with Gasteiger partial charge in [0.25, 0.3) is 5.56 Å². The molecule has 0 amide bonds. The van der Waals surface area contributed by atoms with Crippen LogP contribution in [0.25, 0.3) is 0 Å². The minimum Gasteiger partial charge on any atom is -0.480 e. The topological polar surface area (TPSA) is 85.0 Å². The molecule has 0 N–H and O–H groups in total. The van der Waals surface area contributed by atoms with Crippen molar-refractivity contribution in [3.8, 4) is 11.9 Å². The number of carbonyl (C=O) groups is 1. The number of ketones is 1. The largest absolute Gasteiger partial charge is 0.480 e. The van der Waals surface area contributed by atoms with Crippen molar-refractivity contribution in [1.29, 1.82) is 5.26 Å². The van der Waals surface area contributed by atoms with E-state index in [2.05, 4.69) is 5.10 Å². The van der Waals surface area contributed by atoms with Crippen molar-refractivity contribution >= 4 is 5.78 Å². The molecule has 0 radical (unpaired) electrons. The van der Waals surface area contributed by atoms with Crippen molar-refractivity contribution in [3.63, 3.8) is 0 Å². The van der Waals surface area contributed by atoms with Crippen molar-refractivity contribution < 1.29 is 9.53 Å². The number of benzene rings is 1. The number of aromatic nitrogens is 2. The number of ether oxygens (including phenoxy) is 1. The van der Waals surface area contributed by atoms with Crippen LogP contribution in [0.15, 0.2) is 41.2 Å². The molecular formula is C14H11N3O3. The zero-order valence-corrected chi connectivity index (χ0v) is 10.7. The summed E-state index contributed by atoms with van der Waals surface area (Å²) in [5.74, 6) is -0.00503. The van der Waals surface area contributed by atoms with Crippen LogP contribution < -0.4 is 10.3 Å². The number of Topliss-reactive ketones (excluding diaryl/α,β-unsaturated/α-hetero) is 1. The Balaban J connectivity index is 2.23. The molecule has 0 fully saturated rings. The highest BCUT2D eigenvalue weighted by Crippen LogP contribution is 2.06. The predicted octanol–water partition coefficient (Wildman–Crippen LogP) is 1.01. The Morgan fingerprint density at radius 1 is 1.30 bits per heavy atom. The lowest BCUT2D eigenvalue weighted by Gasteiger charge is -2.05. The number of hydrogen-bond donors (Lipinski definition) is 0. The molecule has 6 heteroatoms. The maximum absolute atomic E-state index is 12.0. The van der Waals surface area contributed by atoms with Gasteiger partial charge in [-0.15, -0.1) is 5.10 Å². The standard InChI is InChI=1S/C14H11N3O3/c1-20-13-6-7-14(19)17(16-13)9-12(18)11-4-2-10(8-15)3-5-11/h2-7H,9H2,1H3. The Morgan fingerprint density at radius 3 is 2.60 bits per heavy atom. The van der Waals surface area contributed by atoms with E-state index in [1.165, 1.54) is 19.2 Å². The van der Waals surface area contributed by atoms with Gasteiger partial charge in [-0.25, -0.2) is 4.68 Å². The van der Waals surface area contributed by atoms with E-state index in [9.17, 15) is 9.59 Å². The monoisotopic (exact) mass is 269 g/mol. The number of carbonyl (C=O) groups excluding carboxylic acids is 1. The predicted molar refractivity (Wildman–Crippen MR) is 70.5 cm³/mol. The first kappa shape index (κ1) is 13.5. The van der Waals surface area contributed by atoms with Crippen LogP contribution in [0.1, 0.15) is 15.9 Å². The summed E-state index contributed by atoms with van der Waals surface area (Å²) in [6.45, 7) is -0.179. The molecule has 2 aromatic rings. The van der Waals surface area contributed by atoms with E-state index in [4.69, 9.17) is 10.00 Å². The summed E-state index contributed by atoms with van der Waals surface area (Å²) >= 11 is 0. The first-order valence-corrected chi connectivity index (χ1v) is 5.79. The lowest BCUT2D eigenvalue weighted by molar-refractivity contribution is 0.0965. The highest BCUT2D eigenvalue weighted by atomic mass is 16.5. The van der Waals surface area contributed by atoms with Crippen LogP contribution in [0.2, 0.25) is 0 Å². The number of nitriles is 1. The molecular weight excluding hydrogens is 258 g/mol. The van der Waals surface area contributed by atoms with Gasteiger partial charge in [0.2, 0.25) is 5.88 Å². The molecule has 1 aromatic carbocycles. The van der Waals surface area contributed by atoms with Crippen LogP contribution in [0.3, 0.4) is 0 Å². The van der Waals surface area contributed by atoms with Gasteiger partial charge < -0.3 is 4.74 Å². The van der Waals surface area contributed by atoms with Gasteiger partial charge in [-0.2, -0.15) is 5.26 Å². The van der Waals surface area contributed by atoms with Crippen LogP contribution in [0.5, 0.6) is 5.88 Å². The van der Waals surface area contributed by atoms with Crippen LogP contribution in [-0.2, 0) is 6.54 Å². The summed E-state index contributed by atoms with van der Waals surface area (Å²) in [5, 5.41) is 12.6. The average Bonchev–Trinajstić information content (AvgIpc) is 2.49. The summed E-state index contributed by atoms with van der Waals surface area (Å²) in [4.78, 5) is 23.6.